The van der Waals surface area contributed by atoms with Gasteiger partial charge in [-0.2, -0.15) is 4.31 Å². The molecule has 2 fully saturated rings. The minimum absolute atomic E-state index is 0.00125. The Bertz CT molecular complexity index is 917. The fourth-order valence-electron chi connectivity index (χ4n) is 3.94. The Kier molecular flexibility index (Phi) is 7.66. The van der Waals surface area contributed by atoms with E-state index in [-0.39, 0.29) is 29.2 Å². The van der Waals surface area contributed by atoms with Crippen molar-refractivity contribution in [2.45, 2.75) is 24.7 Å². The highest BCUT2D eigenvalue weighted by atomic mass is 35.5. The number of piperazine rings is 1. The van der Waals surface area contributed by atoms with Crippen LogP contribution in [0.15, 0.2) is 23.1 Å². The molecular weight excluding hydrogens is 446 g/mol. The Morgan fingerprint density at radius 2 is 1.81 bits per heavy atom. The van der Waals surface area contributed by atoms with Crippen molar-refractivity contribution >= 4 is 33.6 Å². The molecule has 2 aliphatic rings. The Morgan fingerprint density at radius 1 is 1.13 bits per heavy atom. The van der Waals surface area contributed by atoms with Gasteiger partial charge in [-0.3, -0.25) is 4.79 Å². The standard InChI is InChI=1S/C20H28ClN3O6S/c1-3-30-20(26)23-11-9-22(10-12-23)19(25)15-5-4-8-24(14-15)31(27,28)18-13-16(21)6-7-17(18)29-2/h6-7,13,15H,3-5,8-12,14H2,1-2H3/t15-/m1/s1. The summed E-state index contributed by atoms with van der Waals surface area (Å²) in [5.74, 6) is -0.294. The SMILES string of the molecule is CCOC(=O)N1CCN(C(=O)[C@@H]2CCCN(S(=O)(=O)c3cc(Cl)ccc3OC)C2)CC1. The predicted octanol–water partition coefficient (Wildman–Crippen LogP) is 2.05. The average molecular weight is 474 g/mol. The van der Waals surface area contributed by atoms with Gasteiger partial charge in [0.15, 0.2) is 0 Å². The summed E-state index contributed by atoms with van der Waals surface area (Å²) in [6, 6.07) is 4.46. The molecule has 2 amide bonds. The zero-order valence-electron chi connectivity index (χ0n) is 17.8. The fraction of sp³-hybridized carbons (Fsp3) is 0.600. The molecule has 3 rings (SSSR count). The third-order valence-corrected chi connectivity index (χ3v) is 7.72. The van der Waals surface area contributed by atoms with Gasteiger partial charge in [-0.15, -0.1) is 0 Å². The number of piperidine rings is 1. The van der Waals surface area contributed by atoms with Gasteiger partial charge in [-0.1, -0.05) is 11.6 Å². The van der Waals surface area contributed by atoms with E-state index >= 15 is 0 Å². The minimum atomic E-state index is -3.87. The Hall–Kier alpha value is -2.04. The van der Waals surface area contributed by atoms with E-state index in [0.29, 0.717) is 57.2 Å². The van der Waals surface area contributed by atoms with Gasteiger partial charge >= 0.3 is 6.09 Å². The molecule has 11 heteroatoms. The number of hydrogen-bond acceptors (Lipinski definition) is 6. The molecule has 2 aliphatic heterocycles. The van der Waals surface area contributed by atoms with Crippen LogP contribution in [0.3, 0.4) is 0 Å². The molecule has 0 N–H and O–H groups in total. The van der Waals surface area contributed by atoms with Crippen LogP contribution >= 0.6 is 11.6 Å². The molecular formula is C20H28ClN3O6S. The number of amides is 2. The van der Waals surface area contributed by atoms with Crippen LogP contribution in [0, 0.1) is 5.92 Å². The van der Waals surface area contributed by atoms with Gasteiger partial charge in [-0.05, 0) is 38.0 Å². The first-order valence-electron chi connectivity index (χ1n) is 10.3. The third kappa shape index (κ3) is 5.24. The van der Waals surface area contributed by atoms with Gasteiger partial charge in [-0.25, -0.2) is 13.2 Å². The van der Waals surface area contributed by atoms with Crippen molar-refractivity contribution in [3.63, 3.8) is 0 Å². The van der Waals surface area contributed by atoms with Crippen LogP contribution in [0.2, 0.25) is 5.02 Å². The van der Waals surface area contributed by atoms with Crippen molar-refractivity contribution in [2.24, 2.45) is 5.92 Å². The van der Waals surface area contributed by atoms with E-state index < -0.39 is 15.9 Å². The van der Waals surface area contributed by atoms with Crippen molar-refractivity contribution in [3.05, 3.63) is 23.2 Å². The van der Waals surface area contributed by atoms with Gasteiger partial charge in [0.1, 0.15) is 10.6 Å². The molecule has 0 unspecified atom stereocenters. The lowest BCUT2D eigenvalue weighted by Gasteiger charge is -2.38. The normalized spacial score (nSPS) is 20.4. The Balaban J connectivity index is 1.67. The number of methoxy groups -OCH3 is 1. The van der Waals surface area contributed by atoms with E-state index in [1.54, 1.807) is 22.8 Å². The van der Waals surface area contributed by atoms with E-state index in [0.717, 1.165) is 0 Å². The van der Waals surface area contributed by atoms with Crippen LogP contribution < -0.4 is 4.74 Å². The summed E-state index contributed by atoms with van der Waals surface area (Å²) in [6.07, 6.45) is 0.830. The largest absolute Gasteiger partial charge is 0.495 e. The molecule has 172 valence electrons. The third-order valence-electron chi connectivity index (χ3n) is 5.59. The maximum absolute atomic E-state index is 13.2. The molecule has 0 radical (unpaired) electrons. The molecule has 0 aliphatic carbocycles. The summed E-state index contributed by atoms with van der Waals surface area (Å²) in [4.78, 5) is 28.2. The highest BCUT2D eigenvalue weighted by Crippen LogP contribution is 2.32. The van der Waals surface area contributed by atoms with Crippen LogP contribution in [-0.4, -0.2) is 87.5 Å². The summed E-state index contributed by atoms with van der Waals surface area (Å²) in [7, 11) is -2.46. The van der Waals surface area contributed by atoms with Crippen LogP contribution in [0.4, 0.5) is 4.79 Å². The van der Waals surface area contributed by atoms with E-state index in [9.17, 15) is 18.0 Å². The van der Waals surface area contributed by atoms with Crippen molar-refractivity contribution in [2.75, 3.05) is 53.0 Å². The highest BCUT2D eigenvalue weighted by Gasteiger charge is 2.37. The van der Waals surface area contributed by atoms with Gasteiger partial charge in [0.2, 0.25) is 15.9 Å². The number of ether oxygens (including phenoxy) is 2. The van der Waals surface area contributed by atoms with E-state index in [2.05, 4.69) is 0 Å². The number of benzene rings is 1. The molecule has 1 aromatic rings. The summed E-state index contributed by atoms with van der Waals surface area (Å²) in [5, 5.41) is 0.295. The number of sulfonamides is 1. The summed E-state index contributed by atoms with van der Waals surface area (Å²) in [5.41, 5.74) is 0. The lowest BCUT2D eigenvalue weighted by atomic mass is 9.98. The number of carbonyl (C=O) groups excluding carboxylic acids is 2. The maximum atomic E-state index is 13.2. The number of hydrogen-bond donors (Lipinski definition) is 0. The van der Waals surface area contributed by atoms with E-state index in [1.807, 2.05) is 0 Å². The molecule has 2 saturated heterocycles. The molecule has 0 spiro atoms. The van der Waals surface area contributed by atoms with Crippen molar-refractivity contribution < 1.29 is 27.5 Å². The monoisotopic (exact) mass is 473 g/mol. The molecule has 1 atom stereocenters. The van der Waals surface area contributed by atoms with E-state index in [1.165, 1.54) is 23.5 Å². The van der Waals surface area contributed by atoms with Crippen molar-refractivity contribution in [3.8, 4) is 5.75 Å². The Morgan fingerprint density at radius 3 is 2.45 bits per heavy atom. The van der Waals surface area contributed by atoms with Crippen LogP contribution in [-0.2, 0) is 19.6 Å². The van der Waals surface area contributed by atoms with Crippen LogP contribution in [0.5, 0.6) is 5.75 Å². The molecule has 0 aromatic heterocycles. The lowest BCUT2D eigenvalue weighted by molar-refractivity contribution is -0.138. The quantitative estimate of drug-likeness (QED) is 0.649. The molecule has 31 heavy (non-hydrogen) atoms. The second kappa shape index (κ2) is 10.1. The zero-order chi connectivity index (χ0) is 22.6. The predicted molar refractivity (Wildman–Crippen MR) is 115 cm³/mol. The first kappa shape index (κ1) is 23.6. The molecule has 0 bridgehead atoms. The lowest BCUT2D eigenvalue weighted by Crippen LogP contribution is -2.54. The second-order valence-electron chi connectivity index (χ2n) is 7.51. The van der Waals surface area contributed by atoms with Gasteiger partial charge in [0.05, 0.1) is 19.6 Å². The minimum Gasteiger partial charge on any atom is -0.495 e. The van der Waals surface area contributed by atoms with Crippen molar-refractivity contribution in [1.29, 1.82) is 0 Å². The van der Waals surface area contributed by atoms with E-state index in [4.69, 9.17) is 21.1 Å². The molecule has 2 heterocycles. The first-order valence-corrected chi connectivity index (χ1v) is 12.1. The van der Waals surface area contributed by atoms with Crippen LogP contribution in [0.25, 0.3) is 0 Å². The van der Waals surface area contributed by atoms with Gasteiger partial charge in [0, 0.05) is 44.3 Å². The molecule has 9 nitrogen and oxygen atoms in total. The maximum Gasteiger partial charge on any atom is 0.409 e. The van der Waals surface area contributed by atoms with Crippen molar-refractivity contribution in [1.82, 2.24) is 14.1 Å². The van der Waals surface area contributed by atoms with Gasteiger partial charge < -0.3 is 19.3 Å². The van der Waals surface area contributed by atoms with Crippen LogP contribution in [0.1, 0.15) is 19.8 Å². The number of carbonyl (C=O) groups is 2. The highest BCUT2D eigenvalue weighted by molar-refractivity contribution is 7.89. The summed E-state index contributed by atoms with van der Waals surface area (Å²) >= 11 is 6.02. The van der Waals surface area contributed by atoms with Gasteiger partial charge in [0.25, 0.3) is 0 Å². The average Bonchev–Trinajstić information content (AvgIpc) is 2.79. The smallest absolute Gasteiger partial charge is 0.409 e. The molecule has 1 aromatic carbocycles. The summed E-state index contributed by atoms with van der Waals surface area (Å²) < 4.78 is 38.0. The fourth-order valence-corrected chi connectivity index (χ4v) is 5.88. The zero-order valence-corrected chi connectivity index (χ0v) is 19.3. The second-order valence-corrected chi connectivity index (χ2v) is 9.85. The topological polar surface area (TPSA) is 96.5 Å². The summed E-state index contributed by atoms with van der Waals surface area (Å²) in [6.45, 7) is 4.11. The molecule has 0 saturated carbocycles. The number of halogens is 1. The Labute approximate surface area is 187 Å². The number of rotatable bonds is 5. The number of nitrogens with zero attached hydrogens (tertiary/aromatic N) is 3. The first-order chi connectivity index (χ1) is 14.8.